The molecule has 1 heterocycles. The summed E-state index contributed by atoms with van der Waals surface area (Å²) in [6.07, 6.45) is 0.874. The molecule has 0 spiro atoms. The molecule has 21 heavy (non-hydrogen) atoms. The van der Waals surface area contributed by atoms with E-state index in [-0.39, 0.29) is 4.88 Å². The molecule has 3 aromatic rings. The second kappa shape index (κ2) is 4.49. The largest absolute Gasteiger partial charge is 0.477 e. The Bertz CT molecular complexity index is 870. The van der Waals surface area contributed by atoms with Crippen LogP contribution in [-0.2, 0) is 6.42 Å². The maximum absolute atomic E-state index is 11.2. The zero-order chi connectivity index (χ0) is 14.4. The highest BCUT2D eigenvalue weighted by Crippen LogP contribution is 2.38. The molecule has 1 N–H and O–H groups in total. The quantitative estimate of drug-likeness (QED) is 0.615. The molecule has 102 valence electrons. The number of benzene rings is 2. The second-order valence-corrected chi connectivity index (χ2v) is 5.72. The summed E-state index contributed by atoms with van der Waals surface area (Å²) in [6, 6.07) is 14.3. The van der Waals surface area contributed by atoms with Crippen molar-refractivity contribution in [3.8, 4) is 22.4 Å². The summed E-state index contributed by atoms with van der Waals surface area (Å²) >= 11 is 0.912. The number of fused-ring (bicyclic) bond motifs is 3. The van der Waals surface area contributed by atoms with Crippen LogP contribution >= 0.6 is 11.5 Å². The Kier molecular flexibility index (Phi) is 2.62. The molecule has 2 aromatic carbocycles. The first-order valence-electron chi connectivity index (χ1n) is 6.51. The number of carboxylic acids is 1. The molecule has 0 atom stereocenters. The molecule has 4 rings (SSSR count). The Hall–Kier alpha value is -2.53. The van der Waals surface area contributed by atoms with Crippen LogP contribution in [0.4, 0.5) is 0 Å². The van der Waals surface area contributed by atoms with Crippen molar-refractivity contribution in [1.82, 2.24) is 9.59 Å². The van der Waals surface area contributed by atoms with Crippen molar-refractivity contribution < 1.29 is 9.90 Å². The van der Waals surface area contributed by atoms with Crippen LogP contribution < -0.4 is 0 Å². The molecule has 0 saturated carbocycles. The smallest absolute Gasteiger partial charge is 0.349 e. The Labute approximate surface area is 124 Å². The van der Waals surface area contributed by atoms with E-state index in [0.717, 1.165) is 23.5 Å². The van der Waals surface area contributed by atoms with Crippen LogP contribution in [0.3, 0.4) is 0 Å². The number of rotatable bonds is 2. The first kappa shape index (κ1) is 12.2. The predicted molar refractivity (Wildman–Crippen MR) is 80.5 cm³/mol. The number of aromatic nitrogens is 2. The van der Waals surface area contributed by atoms with E-state index in [1.54, 1.807) is 0 Å². The zero-order valence-electron chi connectivity index (χ0n) is 10.9. The van der Waals surface area contributed by atoms with Gasteiger partial charge in [-0.05, 0) is 46.3 Å². The lowest BCUT2D eigenvalue weighted by Gasteiger charge is -2.03. The number of carboxylic acid groups (broad SMARTS) is 1. The molecule has 4 nitrogen and oxygen atoms in total. The second-order valence-electron chi connectivity index (χ2n) is 4.96. The van der Waals surface area contributed by atoms with Crippen molar-refractivity contribution in [2.75, 3.05) is 0 Å². The Morgan fingerprint density at radius 2 is 1.90 bits per heavy atom. The van der Waals surface area contributed by atoms with Crippen LogP contribution in [0.2, 0.25) is 0 Å². The molecule has 0 amide bonds. The lowest BCUT2D eigenvalue weighted by molar-refractivity contribution is 0.0702. The molecule has 0 aliphatic heterocycles. The molecule has 0 unspecified atom stereocenters. The standard InChI is InChI=1S/C16H10N2O2S/c19-16(20)15-14(17-18-21-15)10-5-6-13-11(8-10)7-9-3-1-2-4-12(9)13/h1-6,8H,7H2,(H,19,20). The third-order valence-corrected chi connectivity index (χ3v) is 4.46. The van der Waals surface area contributed by atoms with E-state index in [1.807, 2.05) is 30.3 Å². The van der Waals surface area contributed by atoms with Gasteiger partial charge in [-0.3, -0.25) is 0 Å². The Morgan fingerprint density at radius 3 is 2.76 bits per heavy atom. The summed E-state index contributed by atoms with van der Waals surface area (Å²) in [4.78, 5) is 11.4. The number of nitrogens with zero attached hydrogens (tertiary/aromatic N) is 2. The van der Waals surface area contributed by atoms with E-state index in [9.17, 15) is 9.90 Å². The van der Waals surface area contributed by atoms with Crippen LogP contribution in [-0.4, -0.2) is 20.7 Å². The van der Waals surface area contributed by atoms with Crippen LogP contribution in [0.5, 0.6) is 0 Å². The van der Waals surface area contributed by atoms with Gasteiger partial charge in [0.2, 0.25) is 0 Å². The lowest BCUT2D eigenvalue weighted by Crippen LogP contribution is -1.96. The van der Waals surface area contributed by atoms with E-state index >= 15 is 0 Å². The van der Waals surface area contributed by atoms with Gasteiger partial charge in [-0.25, -0.2) is 4.79 Å². The molecule has 1 aliphatic rings. The molecule has 0 fully saturated rings. The summed E-state index contributed by atoms with van der Waals surface area (Å²) in [5.41, 5.74) is 6.25. The van der Waals surface area contributed by atoms with Crippen LogP contribution in [0.25, 0.3) is 22.4 Å². The lowest BCUT2D eigenvalue weighted by atomic mass is 10.0. The fourth-order valence-corrected chi connectivity index (χ4v) is 3.34. The minimum absolute atomic E-state index is 0.186. The van der Waals surface area contributed by atoms with Gasteiger partial charge in [0, 0.05) is 5.56 Å². The fraction of sp³-hybridized carbons (Fsp3) is 0.0625. The molecular formula is C16H10N2O2S. The van der Waals surface area contributed by atoms with Gasteiger partial charge in [0.05, 0.1) is 0 Å². The highest BCUT2D eigenvalue weighted by molar-refractivity contribution is 7.08. The average molecular weight is 294 g/mol. The van der Waals surface area contributed by atoms with E-state index in [1.165, 1.54) is 22.3 Å². The first-order valence-corrected chi connectivity index (χ1v) is 7.28. The summed E-state index contributed by atoms with van der Waals surface area (Å²) in [6.45, 7) is 0. The van der Waals surface area contributed by atoms with Crippen molar-refractivity contribution in [2.45, 2.75) is 6.42 Å². The van der Waals surface area contributed by atoms with Gasteiger partial charge >= 0.3 is 5.97 Å². The fourth-order valence-electron chi connectivity index (χ4n) is 2.81. The summed E-state index contributed by atoms with van der Waals surface area (Å²) < 4.78 is 3.76. The number of aromatic carboxylic acids is 1. The van der Waals surface area contributed by atoms with Gasteiger partial charge in [-0.2, -0.15) is 0 Å². The maximum atomic E-state index is 11.2. The highest BCUT2D eigenvalue weighted by Gasteiger charge is 2.21. The van der Waals surface area contributed by atoms with Gasteiger partial charge in [0.25, 0.3) is 0 Å². The van der Waals surface area contributed by atoms with E-state index in [4.69, 9.17) is 0 Å². The van der Waals surface area contributed by atoms with Gasteiger partial charge in [0.15, 0.2) is 4.88 Å². The van der Waals surface area contributed by atoms with Crippen molar-refractivity contribution >= 4 is 17.5 Å². The highest BCUT2D eigenvalue weighted by atomic mass is 32.1. The number of hydrogen-bond acceptors (Lipinski definition) is 4. The molecule has 5 heteroatoms. The topological polar surface area (TPSA) is 63.1 Å². The predicted octanol–water partition coefficient (Wildman–Crippen LogP) is 3.47. The molecule has 1 aromatic heterocycles. The Morgan fingerprint density at radius 1 is 1.10 bits per heavy atom. The number of carbonyl (C=O) groups is 1. The maximum Gasteiger partial charge on any atom is 0.349 e. The van der Waals surface area contributed by atoms with E-state index in [0.29, 0.717) is 5.69 Å². The zero-order valence-corrected chi connectivity index (χ0v) is 11.7. The minimum atomic E-state index is -0.983. The third kappa shape index (κ3) is 1.86. The summed E-state index contributed by atoms with van der Waals surface area (Å²) in [5, 5.41) is 13.2. The summed E-state index contributed by atoms with van der Waals surface area (Å²) in [7, 11) is 0. The van der Waals surface area contributed by atoms with Crippen molar-refractivity contribution in [1.29, 1.82) is 0 Å². The van der Waals surface area contributed by atoms with E-state index < -0.39 is 5.97 Å². The van der Waals surface area contributed by atoms with Crippen LogP contribution in [0.1, 0.15) is 20.8 Å². The van der Waals surface area contributed by atoms with Crippen molar-refractivity contribution in [3.05, 3.63) is 58.5 Å². The summed E-state index contributed by atoms with van der Waals surface area (Å²) in [5.74, 6) is -0.983. The molecule has 0 saturated heterocycles. The molecular weight excluding hydrogens is 284 g/mol. The molecule has 1 aliphatic carbocycles. The monoisotopic (exact) mass is 294 g/mol. The first-order chi connectivity index (χ1) is 10.2. The van der Waals surface area contributed by atoms with Gasteiger partial charge in [0.1, 0.15) is 5.69 Å². The normalized spacial score (nSPS) is 12.0. The third-order valence-electron chi connectivity index (χ3n) is 3.75. The van der Waals surface area contributed by atoms with Crippen LogP contribution in [0, 0.1) is 0 Å². The van der Waals surface area contributed by atoms with Crippen molar-refractivity contribution in [3.63, 3.8) is 0 Å². The van der Waals surface area contributed by atoms with Crippen LogP contribution in [0.15, 0.2) is 42.5 Å². The minimum Gasteiger partial charge on any atom is -0.477 e. The van der Waals surface area contributed by atoms with Gasteiger partial charge in [-0.15, -0.1) is 5.10 Å². The SMILES string of the molecule is O=C(O)c1snnc1-c1ccc2c(c1)Cc1ccccc1-2. The van der Waals surface area contributed by atoms with E-state index in [2.05, 4.69) is 21.7 Å². The number of hydrogen-bond donors (Lipinski definition) is 1. The molecule has 0 radical (unpaired) electrons. The van der Waals surface area contributed by atoms with Crippen molar-refractivity contribution in [2.24, 2.45) is 0 Å². The van der Waals surface area contributed by atoms with Gasteiger partial charge in [-0.1, -0.05) is 40.9 Å². The Balaban J connectivity index is 1.83. The van der Waals surface area contributed by atoms with Gasteiger partial charge < -0.3 is 5.11 Å². The average Bonchev–Trinajstić information content (AvgIpc) is 3.11. The molecule has 0 bridgehead atoms.